The second-order valence-corrected chi connectivity index (χ2v) is 13.8. The van der Waals surface area contributed by atoms with Crippen LogP contribution in [0, 0.1) is 5.41 Å². The van der Waals surface area contributed by atoms with Gasteiger partial charge in [0.25, 0.3) is 11.8 Å². The van der Waals surface area contributed by atoms with E-state index in [0.717, 1.165) is 30.6 Å². The maximum absolute atomic E-state index is 13.3. The van der Waals surface area contributed by atoms with Crippen LogP contribution in [0.15, 0.2) is 47.4 Å². The molecule has 0 aliphatic carbocycles. The molecule has 5 amide bonds. The Morgan fingerprint density at radius 3 is 2.25 bits per heavy atom. The Bertz CT molecular complexity index is 1640. The number of fused-ring (bicyclic) bond motifs is 1. The Morgan fingerprint density at radius 1 is 0.932 bits per heavy atom. The van der Waals surface area contributed by atoms with Crippen LogP contribution < -0.4 is 16.4 Å². The molecule has 4 N–H and O–H groups in total. The molecule has 0 bridgehead atoms. The number of amides is 5. The van der Waals surface area contributed by atoms with Gasteiger partial charge in [-0.2, -0.15) is 4.31 Å². The molecule has 4 heterocycles. The SMILES string of the molecule is Nc1ccc(S(=O)(=O)N2CCC3(CCN(C(=O)CNc4cccc5c4C(=O)N(C4CCC(=O)NC4=O)C5=O)CC3)CC2)cc1. The molecule has 14 heteroatoms. The van der Waals surface area contributed by atoms with Gasteiger partial charge in [-0.15, -0.1) is 0 Å². The van der Waals surface area contributed by atoms with Crippen molar-refractivity contribution in [1.82, 2.24) is 19.4 Å². The van der Waals surface area contributed by atoms with Crippen molar-refractivity contribution in [3.8, 4) is 0 Å². The number of nitrogens with zero attached hydrogens (tertiary/aromatic N) is 3. The number of rotatable bonds is 6. The van der Waals surface area contributed by atoms with Gasteiger partial charge >= 0.3 is 0 Å². The van der Waals surface area contributed by atoms with Gasteiger partial charge in [-0.3, -0.25) is 34.2 Å². The lowest BCUT2D eigenvalue weighted by molar-refractivity contribution is -0.136. The van der Waals surface area contributed by atoms with E-state index in [4.69, 9.17) is 5.73 Å². The van der Waals surface area contributed by atoms with E-state index >= 15 is 0 Å². The number of nitrogen functional groups attached to an aromatic ring is 1. The first-order valence-corrected chi connectivity index (χ1v) is 16.2. The van der Waals surface area contributed by atoms with Crippen molar-refractivity contribution in [2.24, 2.45) is 5.41 Å². The molecule has 13 nitrogen and oxygen atoms in total. The van der Waals surface area contributed by atoms with Crippen molar-refractivity contribution in [2.45, 2.75) is 49.5 Å². The fraction of sp³-hybridized carbons (Fsp3) is 0.433. The van der Waals surface area contributed by atoms with Crippen LogP contribution in [0.4, 0.5) is 11.4 Å². The number of benzene rings is 2. The van der Waals surface area contributed by atoms with Crippen LogP contribution in [0.1, 0.15) is 59.2 Å². The van der Waals surface area contributed by atoms with Crippen LogP contribution in [-0.4, -0.2) is 90.8 Å². The summed E-state index contributed by atoms with van der Waals surface area (Å²) < 4.78 is 27.7. The number of nitrogens with two attached hydrogens (primary N) is 1. The summed E-state index contributed by atoms with van der Waals surface area (Å²) in [7, 11) is -3.60. The first-order chi connectivity index (χ1) is 21.0. The summed E-state index contributed by atoms with van der Waals surface area (Å²) >= 11 is 0. The average molecular weight is 623 g/mol. The minimum Gasteiger partial charge on any atom is -0.399 e. The van der Waals surface area contributed by atoms with Crippen molar-refractivity contribution in [2.75, 3.05) is 43.8 Å². The highest BCUT2D eigenvalue weighted by Gasteiger charge is 2.46. The zero-order valence-electron chi connectivity index (χ0n) is 24.1. The third-order valence-electron chi connectivity index (χ3n) is 9.38. The molecule has 6 rings (SSSR count). The summed E-state index contributed by atoms with van der Waals surface area (Å²) in [6, 6.07) is 9.87. The standard InChI is InChI=1S/C30H34N6O7S/c31-19-4-6-20(7-5-19)44(42,43)35-16-12-30(13-17-35)10-14-34(15-11-30)25(38)18-32-22-3-1-2-21-26(22)29(41)36(28(21)40)23-8-9-24(37)33-27(23)39/h1-7,23,32H,8-18,31H2,(H,33,37,39). The third-order valence-corrected chi connectivity index (χ3v) is 11.3. The number of anilines is 2. The van der Waals surface area contributed by atoms with Gasteiger partial charge in [0.15, 0.2) is 0 Å². The molecular formula is C30H34N6O7S. The summed E-state index contributed by atoms with van der Waals surface area (Å²) in [5.74, 6) is -2.53. The molecule has 4 aliphatic heterocycles. The van der Waals surface area contributed by atoms with Gasteiger partial charge in [0, 0.05) is 44.0 Å². The number of hydrogen-bond acceptors (Lipinski definition) is 9. The minimum atomic E-state index is -3.60. The molecule has 232 valence electrons. The van der Waals surface area contributed by atoms with Crippen LogP contribution in [0.25, 0.3) is 0 Å². The van der Waals surface area contributed by atoms with Crippen LogP contribution >= 0.6 is 0 Å². The molecule has 44 heavy (non-hydrogen) atoms. The number of carbonyl (C=O) groups is 5. The third kappa shape index (κ3) is 5.32. The first-order valence-electron chi connectivity index (χ1n) is 14.7. The van der Waals surface area contributed by atoms with E-state index < -0.39 is 39.7 Å². The summed E-state index contributed by atoms with van der Waals surface area (Å²) in [5.41, 5.74) is 6.76. The van der Waals surface area contributed by atoms with Crippen molar-refractivity contribution in [3.63, 3.8) is 0 Å². The summed E-state index contributed by atoms with van der Waals surface area (Å²) in [6.07, 6.45) is 3.06. The number of imide groups is 2. The Kier molecular flexibility index (Phi) is 7.66. The maximum Gasteiger partial charge on any atom is 0.264 e. The van der Waals surface area contributed by atoms with E-state index in [9.17, 15) is 32.4 Å². The lowest BCUT2D eigenvalue weighted by atomic mass is 9.71. The van der Waals surface area contributed by atoms with Crippen LogP contribution in [-0.2, 0) is 24.4 Å². The van der Waals surface area contributed by atoms with Gasteiger partial charge in [-0.25, -0.2) is 8.42 Å². The zero-order chi connectivity index (χ0) is 31.2. The van der Waals surface area contributed by atoms with Gasteiger partial charge in [0.05, 0.1) is 22.6 Å². The quantitative estimate of drug-likeness (QED) is 0.315. The maximum atomic E-state index is 13.3. The van der Waals surface area contributed by atoms with Crippen LogP contribution in [0.5, 0.6) is 0 Å². The second-order valence-electron chi connectivity index (χ2n) is 11.9. The fourth-order valence-corrected chi connectivity index (χ4v) is 8.11. The normalized spacial score (nSPS) is 22.2. The molecule has 3 fully saturated rings. The number of sulfonamides is 1. The van der Waals surface area contributed by atoms with Gasteiger partial charge in [-0.1, -0.05) is 6.07 Å². The lowest BCUT2D eigenvalue weighted by Gasteiger charge is -2.46. The Labute approximate surface area is 254 Å². The number of piperidine rings is 3. The number of nitrogens with one attached hydrogen (secondary N) is 2. The molecule has 0 aromatic heterocycles. The smallest absolute Gasteiger partial charge is 0.264 e. The second kappa shape index (κ2) is 11.3. The number of hydrogen-bond donors (Lipinski definition) is 3. The molecule has 1 atom stereocenters. The largest absolute Gasteiger partial charge is 0.399 e. The molecule has 2 aromatic rings. The van der Waals surface area contributed by atoms with Crippen LogP contribution in [0.3, 0.4) is 0 Å². The molecule has 3 saturated heterocycles. The molecule has 2 aromatic carbocycles. The van der Waals surface area contributed by atoms with Crippen molar-refractivity contribution < 1.29 is 32.4 Å². The molecule has 1 unspecified atom stereocenters. The van der Waals surface area contributed by atoms with Crippen molar-refractivity contribution in [3.05, 3.63) is 53.6 Å². The number of likely N-dealkylation sites (tertiary alicyclic amines) is 1. The van der Waals surface area contributed by atoms with Crippen molar-refractivity contribution >= 4 is 50.9 Å². The molecular weight excluding hydrogens is 588 g/mol. The highest BCUT2D eigenvalue weighted by Crippen LogP contribution is 2.42. The first kappa shape index (κ1) is 29.8. The Balaban J connectivity index is 1.04. The average Bonchev–Trinajstić information content (AvgIpc) is 3.26. The highest BCUT2D eigenvalue weighted by atomic mass is 32.2. The topological polar surface area (TPSA) is 179 Å². The minimum absolute atomic E-state index is 0.0239. The van der Waals surface area contributed by atoms with E-state index in [-0.39, 0.29) is 46.7 Å². The van der Waals surface area contributed by atoms with Gasteiger partial charge in [0.2, 0.25) is 27.7 Å². The summed E-state index contributed by atoms with van der Waals surface area (Å²) in [4.78, 5) is 66.4. The fourth-order valence-electron chi connectivity index (χ4n) is 6.67. The monoisotopic (exact) mass is 622 g/mol. The molecule has 0 radical (unpaired) electrons. The Morgan fingerprint density at radius 2 is 1.59 bits per heavy atom. The molecule has 0 saturated carbocycles. The van der Waals surface area contributed by atoms with Crippen molar-refractivity contribution in [1.29, 1.82) is 0 Å². The van der Waals surface area contributed by atoms with Gasteiger partial charge in [-0.05, 0) is 73.9 Å². The van der Waals surface area contributed by atoms with E-state index in [1.165, 1.54) is 22.5 Å². The zero-order valence-corrected chi connectivity index (χ0v) is 24.9. The lowest BCUT2D eigenvalue weighted by Crippen LogP contribution is -2.54. The predicted octanol–water partition coefficient (Wildman–Crippen LogP) is 1.18. The van der Waals surface area contributed by atoms with E-state index in [1.807, 2.05) is 0 Å². The predicted molar refractivity (Wildman–Crippen MR) is 159 cm³/mol. The summed E-state index contributed by atoms with van der Waals surface area (Å²) in [5, 5.41) is 5.20. The summed E-state index contributed by atoms with van der Waals surface area (Å²) in [6.45, 7) is 1.84. The molecule has 1 spiro atoms. The Hall–Kier alpha value is -4.30. The van der Waals surface area contributed by atoms with Gasteiger partial charge < -0.3 is 16.0 Å². The van der Waals surface area contributed by atoms with E-state index in [1.54, 1.807) is 29.2 Å². The highest BCUT2D eigenvalue weighted by molar-refractivity contribution is 7.89. The van der Waals surface area contributed by atoms with E-state index in [0.29, 0.717) is 37.6 Å². The van der Waals surface area contributed by atoms with E-state index in [2.05, 4.69) is 10.6 Å². The molecule has 4 aliphatic rings. The number of carbonyl (C=O) groups excluding carboxylic acids is 5. The van der Waals surface area contributed by atoms with Gasteiger partial charge in [0.1, 0.15) is 6.04 Å². The van der Waals surface area contributed by atoms with Crippen LogP contribution in [0.2, 0.25) is 0 Å².